The van der Waals surface area contributed by atoms with Crippen molar-refractivity contribution in [1.82, 2.24) is 0 Å². The van der Waals surface area contributed by atoms with Crippen molar-refractivity contribution < 1.29 is 8.42 Å². The Kier molecular flexibility index (Phi) is 3.08. The zero-order valence-electron chi connectivity index (χ0n) is 7.16. The Labute approximate surface area is 81.0 Å². The lowest BCUT2D eigenvalue weighted by molar-refractivity contribution is 0.597. The van der Waals surface area contributed by atoms with E-state index in [9.17, 15) is 8.42 Å². The van der Waals surface area contributed by atoms with Gasteiger partial charge in [-0.3, -0.25) is 0 Å². The van der Waals surface area contributed by atoms with Gasteiger partial charge in [-0.15, -0.1) is 0 Å². The van der Waals surface area contributed by atoms with Crippen molar-refractivity contribution in [3.63, 3.8) is 0 Å². The third-order valence-corrected chi connectivity index (χ3v) is 2.17. The molecule has 2 N–H and O–H groups in total. The molecule has 0 aliphatic rings. The van der Waals surface area contributed by atoms with Gasteiger partial charge in [0, 0.05) is 10.6 Å². The monoisotopic (exact) mass is 212 g/mol. The normalized spacial score (nSPS) is 10.6. The number of hydrogen-bond acceptors (Lipinski definition) is 3. The van der Waals surface area contributed by atoms with Crippen LogP contribution in [0.2, 0.25) is 0 Å². The van der Waals surface area contributed by atoms with Crippen LogP contribution in [0.25, 0.3) is 10.4 Å². The van der Waals surface area contributed by atoms with Crippen molar-refractivity contribution in [1.29, 1.82) is 0 Å². The molecule has 1 aromatic carbocycles. The summed E-state index contributed by atoms with van der Waals surface area (Å²) in [7, 11) is -3.54. The summed E-state index contributed by atoms with van der Waals surface area (Å²) < 4.78 is 21.5. The lowest BCUT2D eigenvalue weighted by Crippen LogP contribution is -2.14. The zero-order chi connectivity index (χ0) is 10.6. The Morgan fingerprint density at radius 3 is 2.79 bits per heavy atom. The largest absolute Gasteiger partial charge is 0.228 e. The molecular formula is C7H8N4O2S. The van der Waals surface area contributed by atoms with Crippen LogP contribution < -0.4 is 5.14 Å². The minimum atomic E-state index is -3.54. The molecule has 0 spiro atoms. The van der Waals surface area contributed by atoms with E-state index in [1.54, 1.807) is 18.2 Å². The standard InChI is InChI=1S/C7H8N4O2S/c8-11-10-7-3-1-2-6(4-7)5-14(9,12)13/h1-4H,5H2,(H2,9,12,13). The SMILES string of the molecule is [N-]=[N+]=Nc1cccc(CS(N)(=O)=O)c1. The van der Waals surface area contributed by atoms with Crippen molar-refractivity contribution in [3.05, 3.63) is 40.3 Å². The molecule has 0 fully saturated rings. The fraction of sp³-hybridized carbons (Fsp3) is 0.143. The highest BCUT2D eigenvalue weighted by atomic mass is 32.2. The van der Waals surface area contributed by atoms with Crippen LogP contribution in [0.1, 0.15) is 5.56 Å². The highest BCUT2D eigenvalue weighted by Gasteiger charge is 2.04. The van der Waals surface area contributed by atoms with Gasteiger partial charge in [0.2, 0.25) is 10.0 Å². The highest BCUT2D eigenvalue weighted by Crippen LogP contribution is 2.15. The molecule has 7 heteroatoms. The molecule has 1 aromatic rings. The number of nitrogens with zero attached hydrogens (tertiary/aromatic N) is 3. The fourth-order valence-corrected chi connectivity index (χ4v) is 1.64. The van der Waals surface area contributed by atoms with Crippen LogP contribution >= 0.6 is 0 Å². The van der Waals surface area contributed by atoms with Gasteiger partial charge in [0.1, 0.15) is 0 Å². The smallest absolute Gasteiger partial charge is 0.213 e. The number of benzene rings is 1. The molecule has 1 rings (SSSR count). The highest BCUT2D eigenvalue weighted by molar-refractivity contribution is 7.88. The van der Waals surface area contributed by atoms with Crippen LogP contribution in [0.5, 0.6) is 0 Å². The average molecular weight is 212 g/mol. The Bertz CT molecular complexity index is 476. The Hall–Kier alpha value is -1.56. The van der Waals surface area contributed by atoms with E-state index in [1.807, 2.05) is 0 Å². The number of primary sulfonamides is 1. The summed E-state index contributed by atoms with van der Waals surface area (Å²) in [6, 6.07) is 6.25. The van der Waals surface area contributed by atoms with E-state index in [1.165, 1.54) is 6.07 Å². The lowest BCUT2D eigenvalue weighted by atomic mass is 10.2. The summed E-state index contributed by atoms with van der Waals surface area (Å²) in [5, 5.41) is 8.20. The van der Waals surface area contributed by atoms with E-state index in [-0.39, 0.29) is 5.75 Å². The fourth-order valence-electron chi connectivity index (χ4n) is 0.992. The first-order chi connectivity index (χ1) is 6.51. The summed E-state index contributed by atoms with van der Waals surface area (Å²) in [4.78, 5) is 2.59. The Morgan fingerprint density at radius 1 is 1.50 bits per heavy atom. The minimum absolute atomic E-state index is 0.262. The molecule has 74 valence electrons. The van der Waals surface area contributed by atoms with Crippen LogP contribution in [0, 0.1) is 0 Å². The second-order valence-electron chi connectivity index (χ2n) is 2.67. The van der Waals surface area contributed by atoms with E-state index < -0.39 is 10.0 Å². The van der Waals surface area contributed by atoms with E-state index in [2.05, 4.69) is 10.0 Å². The molecule has 0 heterocycles. The molecule has 0 amide bonds. The molecule has 6 nitrogen and oxygen atoms in total. The third kappa shape index (κ3) is 3.44. The van der Waals surface area contributed by atoms with Crippen LogP contribution in [-0.4, -0.2) is 8.42 Å². The molecule has 0 aliphatic carbocycles. The van der Waals surface area contributed by atoms with Crippen LogP contribution in [0.15, 0.2) is 29.4 Å². The summed E-state index contributed by atoms with van der Waals surface area (Å²) in [6.07, 6.45) is 0. The maximum Gasteiger partial charge on any atom is 0.213 e. The Balaban J connectivity index is 3.00. The molecule has 0 atom stereocenters. The average Bonchev–Trinajstić information content (AvgIpc) is 2.02. The van der Waals surface area contributed by atoms with Gasteiger partial charge in [0.05, 0.1) is 5.75 Å². The quantitative estimate of drug-likeness (QED) is 0.464. The van der Waals surface area contributed by atoms with Crippen molar-refractivity contribution in [2.24, 2.45) is 10.3 Å². The number of sulfonamides is 1. The van der Waals surface area contributed by atoms with Gasteiger partial charge in [-0.1, -0.05) is 23.3 Å². The molecule has 0 bridgehead atoms. The van der Waals surface area contributed by atoms with E-state index in [0.717, 1.165) is 0 Å². The molecule has 0 saturated carbocycles. The van der Waals surface area contributed by atoms with Crippen LogP contribution in [0.3, 0.4) is 0 Å². The van der Waals surface area contributed by atoms with Crippen molar-refractivity contribution in [2.75, 3.05) is 0 Å². The van der Waals surface area contributed by atoms with Gasteiger partial charge in [-0.2, -0.15) is 0 Å². The Morgan fingerprint density at radius 2 is 2.21 bits per heavy atom. The maximum atomic E-state index is 10.7. The predicted molar refractivity (Wildman–Crippen MR) is 52.1 cm³/mol. The number of rotatable bonds is 3. The first-order valence-corrected chi connectivity index (χ1v) is 5.37. The maximum absolute atomic E-state index is 10.7. The topological polar surface area (TPSA) is 109 Å². The number of azide groups is 1. The van der Waals surface area contributed by atoms with Gasteiger partial charge < -0.3 is 0 Å². The zero-order valence-corrected chi connectivity index (χ0v) is 7.98. The first kappa shape index (κ1) is 10.5. The summed E-state index contributed by atoms with van der Waals surface area (Å²) in [5.74, 6) is -0.262. The molecule has 0 aliphatic heterocycles. The van der Waals surface area contributed by atoms with E-state index in [4.69, 9.17) is 10.7 Å². The van der Waals surface area contributed by atoms with Crippen molar-refractivity contribution >= 4 is 15.7 Å². The third-order valence-electron chi connectivity index (χ3n) is 1.44. The lowest BCUT2D eigenvalue weighted by Gasteiger charge is -1.99. The minimum Gasteiger partial charge on any atom is -0.228 e. The molecule has 0 aromatic heterocycles. The van der Waals surface area contributed by atoms with Crippen molar-refractivity contribution in [2.45, 2.75) is 5.75 Å². The van der Waals surface area contributed by atoms with Crippen LogP contribution in [-0.2, 0) is 15.8 Å². The van der Waals surface area contributed by atoms with Gasteiger partial charge in [0.25, 0.3) is 0 Å². The summed E-state index contributed by atoms with van der Waals surface area (Å²) in [6.45, 7) is 0. The molecule has 14 heavy (non-hydrogen) atoms. The second-order valence-corrected chi connectivity index (χ2v) is 4.28. The van der Waals surface area contributed by atoms with Gasteiger partial charge in [-0.25, -0.2) is 13.6 Å². The summed E-state index contributed by atoms with van der Waals surface area (Å²) >= 11 is 0. The second kappa shape index (κ2) is 4.10. The summed E-state index contributed by atoms with van der Waals surface area (Å²) in [5.41, 5.74) is 9.03. The van der Waals surface area contributed by atoms with Gasteiger partial charge in [0.15, 0.2) is 0 Å². The van der Waals surface area contributed by atoms with E-state index >= 15 is 0 Å². The van der Waals surface area contributed by atoms with Crippen LogP contribution in [0.4, 0.5) is 5.69 Å². The molecule has 0 radical (unpaired) electrons. The van der Waals surface area contributed by atoms with Gasteiger partial charge in [-0.05, 0) is 17.2 Å². The number of hydrogen-bond donors (Lipinski definition) is 1. The molecule has 0 saturated heterocycles. The molecular weight excluding hydrogens is 204 g/mol. The number of nitrogens with two attached hydrogens (primary N) is 1. The first-order valence-electron chi connectivity index (χ1n) is 3.66. The molecule has 0 unspecified atom stereocenters. The van der Waals surface area contributed by atoms with Gasteiger partial charge >= 0.3 is 0 Å². The van der Waals surface area contributed by atoms with Crippen molar-refractivity contribution in [3.8, 4) is 0 Å². The predicted octanol–water partition coefficient (Wildman–Crippen LogP) is 1.42. The van der Waals surface area contributed by atoms with E-state index in [0.29, 0.717) is 11.3 Å².